The summed E-state index contributed by atoms with van der Waals surface area (Å²) in [6.45, 7) is 4.06. The van der Waals surface area contributed by atoms with Gasteiger partial charge in [-0.05, 0) is 19.4 Å². The first-order chi connectivity index (χ1) is 11.6. The fraction of sp³-hybridized carbons (Fsp3) is 0.278. The molecule has 0 aliphatic carbocycles. The first-order valence-electron chi connectivity index (χ1n) is 7.77. The average molecular weight is 341 g/mol. The van der Waals surface area contributed by atoms with E-state index in [0.29, 0.717) is 12.2 Å². The van der Waals surface area contributed by atoms with E-state index >= 15 is 0 Å². The van der Waals surface area contributed by atoms with Crippen molar-refractivity contribution in [1.82, 2.24) is 14.5 Å². The number of carbonyl (C=O) groups excluding carboxylic acids is 1. The highest BCUT2D eigenvalue weighted by atomic mass is 32.2. The zero-order valence-corrected chi connectivity index (χ0v) is 14.8. The molecule has 3 aromatic rings. The molecule has 0 spiro atoms. The third-order valence-electron chi connectivity index (χ3n) is 3.79. The molecule has 6 heteroatoms. The third kappa shape index (κ3) is 3.14. The number of benzene rings is 1. The summed E-state index contributed by atoms with van der Waals surface area (Å²) >= 11 is 1.59. The largest absolute Gasteiger partial charge is 0.462 e. The number of pyridine rings is 1. The second-order valence-corrected chi connectivity index (χ2v) is 6.37. The van der Waals surface area contributed by atoms with Crippen LogP contribution in [-0.2, 0) is 17.5 Å². The molecule has 0 amide bonds. The molecule has 1 aromatic carbocycles. The van der Waals surface area contributed by atoms with Gasteiger partial charge in [0.15, 0.2) is 5.65 Å². The monoisotopic (exact) mass is 341 g/mol. The van der Waals surface area contributed by atoms with Crippen molar-refractivity contribution in [3.8, 4) is 0 Å². The molecule has 0 bridgehead atoms. The van der Waals surface area contributed by atoms with Crippen molar-refractivity contribution in [3.63, 3.8) is 0 Å². The van der Waals surface area contributed by atoms with Gasteiger partial charge in [-0.25, -0.2) is 14.8 Å². The Morgan fingerprint density at radius 2 is 2.04 bits per heavy atom. The summed E-state index contributed by atoms with van der Waals surface area (Å²) in [7, 11) is 1.92. The third-order valence-corrected chi connectivity index (χ3v) is 4.97. The number of imidazole rings is 1. The first-order valence-corrected chi connectivity index (χ1v) is 8.76. The number of fused-ring (bicyclic) bond motifs is 1. The minimum atomic E-state index is -0.356. The summed E-state index contributed by atoms with van der Waals surface area (Å²) in [6.07, 6.45) is 1.59. The first kappa shape index (κ1) is 16.5. The number of aromatic nitrogens is 3. The van der Waals surface area contributed by atoms with E-state index < -0.39 is 0 Å². The number of aryl methyl sites for hydroxylation is 2. The lowest BCUT2D eigenvalue weighted by molar-refractivity contribution is 0.0522. The molecule has 0 saturated heterocycles. The molecular formula is C18H19N3O2S. The van der Waals surface area contributed by atoms with Crippen molar-refractivity contribution in [3.05, 3.63) is 53.5 Å². The van der Waals surface area contributed by atoms with E-state index in [-0.39, 0.29) is 5.97 Å². The van der Waals surface area contributed by atoms with Gasteiger partial charge in [-0.2, -0.15) is 0 Å². The van der Waals surface area contributed by atoms with Crippen LogP contribution in [0.15, 0.2) is 41.4 Å². The molecule has 0 aliphatic heterocycles. The molecule has 2 heterocycles. The van der Waals surface area contributed by atoms with Crippen LogP contribution >= 0.6 is 11.8 Å². The van der Waals surface area contributed by atoms with Crippen molar-refractivity contribution < 1.29 is 9.53 Å². The number of rotatable bonds is 5. The minimum Gasteiger partial charge on any atom is -0.462 e. The molecule has 0 unspecified atom stereocenters. The lowest BCUT2D eigenvalue weighted by Gasteiger charge is -2.09. The Hall–Kier alpha value is -2.34. The van der Waals surface area contributed by atoms with E-state index in [1.165, 1.54) is 5.56 Å². The summed E-state index contributed by atoms with van der Waals surface area (Å²) in [4.78, 5) is 22.1. The van der Waals surface area contributed by atoms with Crippen LogP contribution in [0.3, 0.4) is 0 Å². The molecule has 0 radical (unpaired) electrons. The van der Waals surface area contributed by atoms with Crippen molar-refractivity contribution in [2.24, 2.45) is 7.05 Å². The SMILES string of the molecule is CCOC(=O)c1cnc2c(nc(C)n2C)c1SCc1ccccc1. The van der Waals surface area contributed by atoms with Gasteiger partial charge in [0.1, 0.15) is 11.3 Å². The van der Waals surface area contributed by atoms with Gasteiger partial charge in [0.05, 0.1) is 17.1 Å². The summed E-state index contributed by atoms with van der Waals surface area (Å²) in [6, 6.07) is 10.1. The van der Waals surface area contributed by atoms with Gasteiger partial charge in [0, 0.05) is 19.0 Å². The van der Waals surface area contributed by atoms with Crippen LogP contribution in [0.25, 0.3) is 11.2 Å². The summed E-state index contributed by atoms with van der Waals surface area (Å²) < 4.78 is 7.11. The van der Waals surface area contributed by atoms with Crippen molar-refractivity contribution in [2.45, 2.75) is 24.5 Å². The van der Waals surface area contributed by atoms with E-state index in [2.05, 4.69) is 22.1 Å². The van der Waals surface area contributed by atoms with E-state index in [1.54, 1.807) is 24.9 Å². The zero-order chi connectivity index (χ0) is 17.1. The maximum Gasteiger partial charge on any atom is 0.340 e. The Kier molecular flexibility index (Phi) is 4.85. The van der Waals surface area contributed by atoms with Gasteiger partial charge < -0.3 is 9.30 Å². The van der Waals surface area contributed by atoms with Crippen LogP contribution in [0.2, 0.25) is 0 Å². The normalized spacial score (nSPS) is 11.0. The second-order valence-electron chi connectivity index (χ2n) is 5.39. The van der Waals surface area contributed by atoms with Crippen LogP contribution < -0.4 is 0 Å². The zero-order valence-electron chi connectivity index (χ0n) is 13.9. The van der Waals surface area contributed by atoms with Gasteiger partial charge in [-0.15, -0.1) is 11.8 Å². The van der Waals surface area contributed by atoms with Crippen molar-refractivity contribution >= 4 is 28.9 Å². The minimum absolute atomic E-state index is 0.334. The highest BCUT2D eigenvalue weighted by Crippen LogP contribution is 2.32. The molecule has 0 fully saturated rings. The topological polar surface area (TPSA) is 57.0 Å². The molecule has 0 saturated carbocycles. The molecule has 24 heavy (non-hydrogen) atoms. The number of hydrogen-bond donors (Lipinski definition) is 0. The Morgan fingerprint density at radius 1 is 1.29 bits per heavy atom. The fourth-order valence-corrected chi connectivity index (χ4v) is 3.51. The van der Waals surface area contributed by atoms with Crippen LogP contribution in [-0.4, -0.2) is 27.1 Å². The van der Waals surface area contributed by atoms with Gasteiger partial charge in [-0.3, -0.25) is 0 Å². The number of nitrogens with zero attached hydrogens (tertiary/aromatic N) is 3. The van der Waals surface area contributed by atoms with Crippen LogP contribution in [0.1, 0.15) is 28.7 Å². The lowest BCUT2D eigenvalue weighted by atomic mass is 10.2. The number of esters is 1. The van der Waals surface area contributed by atoms with Crippen LogP contribution in [0, 0.1) is 6.92 Å². The molecule has 2 aromatic heterocycles. The maximum absolute atomic E-state index is 12.3. The number of hydrogen-bond acceptors (Lipinski definition) is 5. The predicted octanol–water partition coefficient (Wildman–Crippen LogP) is 3.75. The van der Waals surface area contributed by atoms with Gasteiger partial charge in [-0.1, -0.05) is 30.3 Å². The van der Waals surface area contributed by atoms with E-state index in [9.17, 15) is 4.79 Å². The summed E-state index contributed by atoms with van der Waals surface area (Å²) in [5, 5.41) is 0. The lowest BCUT2D eigenvalue weighted by Crippen LogP contribution is -2.07. The number of ether oxygens (including phenoxy) is 1. The van der Waals surface area contributed by atoms with Crippen molar-refractivity contribution in [1.29, 1.82) is 0 Å². The molecule has 3 rings (SSSR count). The quantitative estimate of drug-likeness (QED) is 0.522. The second kappa shape index (κ2) is 7.05. The summed E-state index contributed by atoms with van der Waals surface area (Å²) in [5.41, 5.74) is 3.19. The molecule has 0 aliphatic rings. The van der Waals surface area contributed by atoms with Gasteiger partial charge >= 0.3 is 5.97 Å². The predicted molar refractivity (Wildman–Crippen MR) is 95.2 cm³/mol. The maximum atomic E-state index is 12.3. The van der Waals surface area contributed by atoms with Gasteiger partial charge in [0.2, 0.25) is 0 Å². The number of carbonyl (C=O) groups is 1. The Morgan fingerprint density at radius 3 is 2.75 bits per heavy atom. The summed E-state index contributed by atoms with van der Waals surface area (Å²) in [5.74, 6) is 1.26. The standard InChI is InChI=1S/C18H19N3O2S/c1-4-23-18(22)14-10-19-17-15(20-12(2)21(17)3)16(14)24-11-13-8-6-5-7-9-13/h5-10H,4,11H2,1-3H3. The Bertz CT molecular complexity index is 875. The Balaban J connectivity index is 2.05. The highest BCUT2D eigenvalue weighted by Gasteiger charge is 2.20. The average Bonchev–Trinajstić information content (AvgIpc) is 2.89. The molecule has 0 N–H and O–H groups in total. The van der Waals surface area contributed by atoms with Crippen LogP contribution in [0.4, 0.5) is 0 Å². The highest BCUT2D eigenvalue weighted by molar-refractivity contribution is 7.98. The number of thioether (sulfide) groups is 1. The van der Waals surface area contributed by atoms with E-state index in [0.717, 1.165) is 27.6 Å². The van der Waals surface area contributed by atoms with E-state index in [4.69, 9.17) is 4.74 Å². The fourth-order valence-electron chi connectivity index (χ4n) is 2.44. The van der Waals surface area contributed by atoms with Crippen molar-refractivity contribution in [2.75, 3.05) is 6.61 Å². The molecule has 0 atom stereocenters. The van der Waals surface area contributed by atoms with Crippen LogP contribution in [0.5, 0.6) is 0 Å². The smallest absolute Gasteiger partial charge is 0.340 e. The van der Waals surface area contributed by atoms with E-state index in [1.807, 2.05) is 36.7 Å². The Labute approximate surface area is 145 Å². The van der Waals surface area contributed by atoms with Gasteiger partial charge in [0.25, 0.3) is 0 Å². The molecule has 5 nitrogen and oxygen atoms in total. The molecule has 124 valence electrons. The molecular weight excluding hydrogens is 322 g/mol.